The molecule has 0 aliphatic heterocycles. The number of nitrogens with zero attached hydrogens (tertiary/aromatic N) is 2. The number of nitrogens with one attached hydrogen (secondary N) is 1. The highest BCUT2D eigenvalue weighted by Crippen LogP contribution is 2.13. The first-order valence-corrected chi connectivity index (χ1v) is 6.83. The monoisotopic (exact) mass is 247 g/mol. The maximum atomic E-state index is 4.46. The number of aromatic nitrogens is 1. The standard InChI is InChI=1S/C15H25N3/c1-4-8-16-13-14-7-9-17-15(12-14)18(10-5-2)11-6-3/h5,7,9,12,16H,2,4,6,8,10-11,13H2,1,3H3. The second kappa shape index (κ2) is 8.70. The molecule has 0 atom stereocenters. The van der Waals surface area contributed by atoms with E-state index in [4.69, 9.17) is 0 Å². The van der Waals surface area contributed by atoms with E-state index in [-0.39, 0.29) is 0 Å². The van der Waals surface area contributed by atoms with Gasteiger partial charge < -0.3 is 10.2 Å². The molecule has 1 aromatic heterocycles. The van der Waals surface area contributed by atoms with Gasteiger partial charge in [0.2, 0.25) is 0 Å². The fourth-order valence-corrected chi connectivity index (χ4v) is 1.88. The molecule has 0 aromatic carbocycles. The van der Waals surface area contributed by atoms with Gasteiger partial charge >= 0.3 is 0 Å². The van der Waals surface area contributed by atoms with Gasteiger partial charge in [-0.3, -0.25) is 0 Å². The predicted molar refractivity (Wildman–Crippen MR) is 78.9 cm³/mol. The quantitative estimate of drug-likeness (QED) is 0.537. The van der Waals surface area contributed by atoms with Crippen LogP contribution in [0.4, 0.5) is 5.82 Å². The Morgan fingerprint density at radius 1 is 1.39 bits per heavy atom. The topological polar surface area (TPSA) is 28.2 Å². The Labute approximate surface area is 111 Å². The Balaban J connectivity index is 2.68. The van der Waals surface area contributed by atoms with Gasteiger partial charge in [-0.15, -0.1) is 6.58 Å². The lowest BCUT2D eigenvalue weighted by molar-refractivity contribution is 0.674. The highest BCUT2D eigenvalue weighted by molar-refractivity contribution is 5.41. The molecule has 1 aromatic rings. The number of anilines is 1. The van der Waals surface area contributed by atoms with Gasteiger partial charge in [-0.25, -0.2) is 4.98 Å². The van der Waals surface area contributed by atoms with Gasteiger partial charge in [0, 0.05) is 25.8 Å². The molecule has 1 heterocycles. The van der Waals surface area contributed by atoms with Crippen LogP contribution in [0, 0.1) is 0 Å². The van der Waals surface area contributed by atoms with Crippen molar-refractivity contribution in [1.29, 1.82) is 0 Å². The van der Waals surface area contributed by atoms with E-state index in [1.54, 1.807) is 0 Å². The second-order valence-corrected chi connectivity index (χ2v) is 4.43. The summed E-state index contributed by atoms with van der Waals surface area (Å²) in [6.07, 6.45) is 6.10. The Hall–Kier alpha value is -1.35. The average molecular weight is 247 g/mol. The maximum Gasteiger partial charge on any atom is 0.129 e. The smallest absolute Gasteiger partial charge is 0.129 e. The minimum Gasteiger partial charge on any atom is -0.353 e. The molecule has 1 rings (SSSR count). The molecule has 0 saturated carbocycles. The molecule has 100 valence electrons. The van der Waals surface area contributed by atoms with Crippen LogP contribution in [-0.2, 0) is 6.54 Å². The van der Waals surface area contributed by atoms with Gasteiger partial charge in [0.25, 0.3) is 0 Å². The van der Waals surface area contributed by atoms with Gasteiger partial charge in [0.15, 0.2) is 0 Å². The molecule has 0 unspecified atom stereocenters. The van der Waals surface area contributed by atoms with Crippen molar-refractivity contribution in [2.24, 2.45) is 0 Å². The number of pyridine rings is 1. The Morgan fingerprint density at radius 2 is 2.22 bits per heavy atom. The summed E-state index contributed by atoms with van der Waals surface area (Å²) in [6, 6.07) is 4.24. The molecule has 18 heavy (non-hydrogen) atoms. The predicted octanol–water partition coefficient (Wildman–Crippen LogP) is 2.98. The first-order chi connectivity index (χ1) is 8.81. The van der Waals surface area contributed by atoms with Crippen molar-refractivity contribution in [2.75, 3.05) is 24.5 Å². The first-order valence-electron chi connectivity index (χ1n) is 6.83. The van der Waals surface area contributed by atoms with Crippen LogP contribution in [0.1, 0.15) is 32.3 Å². The average Bonchev–Trinajstić information content (AvgIpc) is 2.39. The molecule has 0 spiro atoms. The van der Waals surface area contributed by atoms with Gasteiger partial charge in [-0.1, -0.05) is 19.9 Å². The summed E-state index contributed by atoms with van der Waals surface area (Å²) < 4.78 is 0. The van der Waals surface area contributed by atoms with Crippen molar-refractivity contribution >= 4 is 5.82 Å². The molecule has 1 N–H and O–H groups in total. The lowest BCUT2D eigenvalue weighted by Crippen LogP contribution is -2.25. The largest absolute Gasteiger partial charge is 0.353 e. The lowest BCUT2D eigenvalue weighted by atomic mass is 10.2. The molecule has 0 aliphatic carbocycles. The third kappa shape index (κ3) is 4.88. The van der Waals surface area contributed by atoms with Crippen LogP contribution in [0.25, 0.3) is 0 Å². The summed E-state index contributed by atoms with van der Waals surface area (Å²) in [4.78, 5) is 6.72. The molecule has 0 aliphatic rings. The van der Waals surface area contributed by atoms with E-state index in [0.29, 0.717) is 0 Å². The van der Waals surface area contributed by atoms with Gasteiger partial charge in [0.05, 0.1) is 0 Å². The van der Waals surface area contributed by atoms with Crippen molar-refractivity contribution in [3.8, 4) is 0 Å². The molecule has 0 amide bonds. The van der Waals surface area contributed by atoms with Crippen LogP contribution in [0.3, 0.4) is 0 Å². The molecular formula is C15H25N3. The van der Waals surface area contributed by atoms with Crippen molar-refractivity contribution in [2.45, 2.75) is 33.2 Å². The second-order valence-electron chi connectivity index (χ2n) is 4.43. The van der Waals surface area contributed by atoms with Crippen LogP contribution < -0.4 is 10.2 Å². The Bertz CT molecular complexity index is 349. The van der Waals surface area contributed by atoms with Crippen molar-refractivity contribution in [3.63, 3.8) is 0 Å². The van der Waals surface area contributed by atoms with E-state index in [1.165, 1.54) is 5.56 Å². The van der Waals surface area contributed by atoms with Crippen LogP contribution in [0.5, 0.6) is 0 Å². The first kappa shape index (κ1) is 14.7. The fraction of sp³-hybridized carbons (Fsp3) is 0.533. The zero-order valence-electron chi connectivity index (χ0n) is 11.7. The van der Waals surface area contributed by atoms with E-state index in [9.17, 15) is 0 Å². The number of hydrogen-bond acceptors (Lipinski definition) is 3. The van der Waals surface area contributed by atoms with E-state index in [2.05, 4.69) is 47.8 Å². The molecular weight excluding hydrogens is 222 g/mol. The third-order valence-corrected chi connectivity index (χ3v) is 2.73. The summed E-state index contributed by atoms with van der Waals surface area (Å²) in [5, 5.41) is 3.42. The summed E-state index contributed by atoms with van der Waals surface area (Å²) >= 11 is 0. The minimum atomic E-state index is 0.854. The third-order valence-electron chi connectivity index (χ3n) is 2.73. The van der Waals surface area contributed by atoms with Gasteiger partial charge in [-0.05, 0) is 37.1 Å². The van der Waals surface area contributed by atoms with Crippen molar-refractivity contribution in [1.82, 2.24) is 10.3 Å². The highest BCUT2D eigenvalue weighted by Gasteiger charge is 2.05. The fourth-order valence-electron chi connectivity index (χ4n) is 1.88. The van der Waals surface area contributed by atoms with Gasteiger partial charge in [-0.2, -0.15) is 0 Å². The highest BCUT2D eigenvalue weighted by atomic mass is 15.2. The SMILES string of the molecule is C=CCN(CCC)c1cc(CNCCC)ccn1. The summed E-state index contributed by atoms with van der Waals surface area (Å²) in [5.41, 5.74) is 1.29. The zero-order chi connectivity index (χ0) is 13.2. The van der Waals surface area contributed by atoms with Crippen LogP contribution in [-0.4, -0.2) is 24.6 Å². The van der Waals surface area contributed by atoms with Crippen molar-refractivity contribution < 1.29 is 0 Å². The molecule has 3 nitrogen and oxygen atoms in total. The summed E-state index contributed by atoms with van der Waals surface area (Å²) in [7, 11) is 0. The summed E-state index contributed by atoms with van der Waals surface area (Å²) in [6.45, 7) is 12.0. The molecule has 0 fully saturated rings. The van der Waals surface area contributed by atoms with Crippen molar-refractivity contribution in [3.05, 3.63) is 36.5 Å². The van der Waals surface area contributed by atoms with E-state index in [0.717, 1.165) is 44.8 Å². The molecule has 0 saturated heterocycles. The minimum absolute atomic E-state index is 0.854. The summed E-state index contributed by atoms with van der Waals surface area (Å²) in [5.74, 6) is 1.05. The van der Waals surface area contributed by atoms with Crippen LogP contribution >= 0.6 is 0 Å². The number of hydrogen-bond donors (Lipinski definition) is 1. The molecule has 0 bridgehead atoms. The number of rotatable bonds is 9. The molecule has 3 heteroatoms. The van der Waals surface area contributed by atoms with E-state index < -0.39 is 0 Å². The van der Waals surface area contributed by atoms with Crippen LogP contribution in [0.2, 0.25) is 0 Å². The normalized spacial score (nSPS) is 10.3. The molecule has 0 radical (unpaired) electrons. The zero-order valence-corrected chi connectivity index (χ0v) is 11.7. The van der Waals surface area contributed by atoms with E-state index >= 15 is 0 Å². The Morgan fingerprint density at radius 3 is 2.89 bits per heavy atom. The van der Waals surface area contributed by atoms with Crippen LogP contribution in [0.15, 0.2) is 31.0 Å². The van der Waals surface area contributed by atoms with E-state index in [1.807, 2.05) is 12.3 Å². The lowest BCUT2D eigenvalue weighted by Gasteiger charge is -2.21. The maximum absolute atomic E-state index is 4.46. The Kier molecular flexibility index (Phi) is 7.11. The van der Waals surface area contributed by atoms with Gasteiger partial charge in [0.1, 0.15) is 5.82 Å².